The molecule has 0 saturated carbocycles. The van der Waals surface area contributed by atoms with Gasteiger partial charge in [0.2, 0.25) is 0 Å². The fourth-order valence-electron chi connectivity index (χ4n) is 1.64. The molecule has 0 saturated heterocycles. The number of hydrogen-bond acceptors (Lipinski definition) is 2. The zero-order valence-corrected chi connectivity index (χ0v) is 10.6. The second-order valence-electron chi connectivity index (χ2n) is 4.44. The van der Waals surface area contributed by atoms with Crippen molar-refractivity contribution < 1.29 is 14.3 Å². The molecular formula is C14H18FNO2. The highest BCUT2D eigenvalue weighted by Gasteiger charge is 2.04. The van der Waals surface area contributed by atoms with Crippen LogP contribution >= 0.6 is 0 Å². The molecule has 0 aliphatic carbocycles. The third-order valence-corrected chi connectivity index (χ3v) is 2.55. The third-order valence-electron chi connectivity index (χ3n) is 2.55. The Labute approximate surface area is 106 Å². The van der Waals surface area contributed by atoms with Crippen LogP contribution < -0.4 is 5.32 Å². The van der Waals surface area contributed by atoms with Crippen molar-refractivity contribution in [3.63, 3.8) is 0 Å². The molecule has 1 rings (SSSR count). The number of nitrogens with one attached hydrogen (secondary N) is 1. The molecule has 0 bridgehead atoms. The Morgan fingerprint density at radius 1 is 1.44 bits per heavy atom. The molecule has 1 aromatic rings. The Bertz CT molecular complexity index is 426. The molecule has 4 heteroatoms. The Balaban J connectivity index is 2.40. The average molecular weight is 251 g/mol. The monoisotopic (exact) mass is 251 g/mol. The second kappa shape index (κ2) is 6.91. The zero-order valence-electron chi connectivity index (χ0n) is 10.6. The first kappa shape index (κ1) is 14.4. The molecule has 1 unspecified atom stereocenters. The minimum Gasteiger partial charge on any atom is -0.478 e. The van der Waals surface area contributed by atoms with Crippen molar-refractivity contribution in [3.8, 4) is 0 Å². The number of carbonyl (C=O) groups is 1. The van der Waals surface area contributed by atoms with Gasteiger partial charge in [0.1, 0.15) is 5.82 Å². The highest BCUT2D eigenvalue weighted by Crippen LogP contribution is 2.06. The third kappa shape index (κ3) is 5.59. The Hall–Kier alpha value is -1.68. The van der Waals surface area contributed by atoms with E-state index in [1.807, 2.05) is 6.92 Å². The molecule has 0 aromatic heterocycles. The van der Waals surface area contributed by atoms with E-state index < -0.39 is 5.97 Å². The minimum atomic E-state index is -0.930. The van der Waals surface area contributed by atoms with Crippen molar-refractivity contribution in [1.29, 1.82) is 0 Å². The van der Waals surface area contributed by atoms with Gasteiger partial charge in [-0.1, -0.05) is 17.7 Å². The predicted molar refractivity (Wildman–Crippen MR) is 69.0 cm³/mol. The molecule has 1 aromatic carbocycles. The van der Waals surface area contributed by atoms with Crippen LogP contribution in [-0.4, -0.2) is 23.7 Å². The smallest absolute Gasteiger partial charge is 0.328 e. The summed E-state index contributed by atoms with van der Waals surface area (Å²) in [5, 5.41) is 11.8. The van der Waals surface area contributed by atoms with Crippen LogP contribution in [0, 0.1) is 5.82 Å². The number of benzene rings is 1. The van der Waals surface area contributed by atoms with Crippen LogP contribution in [-0.2, 0) is 11.2 Å². The molecule has 0 spiro atoms. The van der Waals surface area contributed by atoms with Crippen LogP contribution in [0.1, 0.15) is 19.4 Å². The van der Waals surface area contributed by atoms with Crippen LogP contribution in [0.5, 0.6) is 0 Å². The van der Waals surface area contributed by atoms with E-state index >= 15 is 0 Å². The van der Waals surface area contributed by atoms with Crippen LogP contribution in [0.25, 0.3) is 0 Å². The van der Waals surface area contributed by atoms with Crippen LogP contribution in [0.2, 0.25) is 0 Å². The minimum absolute atomic E-state index is 0.201. The van der Waals surface area contributed by atoms with Gasteiger partial charge in [-0.15, -0.1) is 0 Å². The summed E-state index contributed by atoms with van der Waals surface area (Å²) in [5.74, 6) is -1.17. The lowest BCUT2D eigenvalue weighted by atomic mass is 10.1. The van der Waals surface area contributed by atoms with E-state index in [4.69, 9.17) is 5.11 Å². The average Bonchev–Trinajstić information content (AvgIpc) is 2.29. The quantitative estimate of drug-likeness (QED) is 0.763. The molecule has 0 amide bonds. The van der Waals surface area contributed by atoms with Gasteiger partial charge in [0.25, 0.3) is 0 Å². The highest BCUT2D eigenvalue weighted by molar-refractivity contribution is 5.80. The van der Waals surface area contributed by atoms with Gasteiger partial charge in [0, 0.05) is 18.7 Å². The van der Waals surface area contributed by atoms with Crippen molar-refractivity contribution in [3.05, 3.63) is 47.3 Å². The maximum absolute atomic E-state index is 12.7. The first-order valence-electron chi connectivity index (χ1n) is 5.85. The summed E-state index contributed by atoms with van der Waals surface area (Å²) in [6.45, 7) is 4.32. The van der Waals surface area contributed by atoms with Gasteiger partial charge in [-0.25, -0.2) is 9.18 Å². The summed E-state index contributed by atoms with van der Waals surface area (Å²) in [4.78, 5) is 10.4. The topological polar surface area (TPSA) is 49.3 Å². The van der Waals surface area contributed by atoms with Crippen LogP contribution in [0.4, 0.5) is 4.39 Å². The Kier molecular flexibility index (Phi) is 5.52. The fourth-order valence-corrected chi connectivity index (χ4v) is 1.64. The summed E-state index contributed by atoms with van der Waals surface area (Å²) >= 11 is 0. The van der Waals surface area contributed by atoms with Crippen molar-refractivity contribution >= 4 is 5.97 Å². The van der Waals surface area contributed by atoms with E-state index in [9.17, 15) is 9.18 Å². The second-order valence-corrected chi connectivity index (χ2v) is 4.44. The summed E-state index contributed by atoms with van der Waals surface area (Å²) in [6, 6.07) is 6.60. The first-order valence-corrected chi connectivity index (χ1v) is 5.85. The Morgan fingerprint density at radius 2 is 2.06 bits per heavy atom. The molecule has 0 radical (unpaired) electrons. The van der Waals surface area contributed by atoms with Gasteiger partial charge in [0.05, 0.1) is 0 Å². The Morgan fingerprint density at radius 3 is 2.61 bits per heavy atom. The SMILES string of the molecule is C/C(=C\C(=O)O)CNC(C)Cc1ccc(F)cc1. The number of aliphatic carboxylic acids is 1. The van der Waals surface area contributed by atoms with E-state index in [2.05, 4.69) is 5.32 Å². The zero-order chi connectivity index (χ0) is 13.5. The fraction of sp³-hybridized carbons (Fsp3) is 0.357. The maximum Gasteiger partial charge on any atom is 0.328 e. The molecule has 98 valence electrons. The summed E-state index contributed by atoms with van der Waals surface area (Å²) < 4.78 is 12.7. The molecule has 0 heterocycles. The molecule has 0 aliphatic heterocycles. The molecule has 3 nitrogen and oxygen atoms in total. The van der Waals surface area contributed by atoms with E-state index in [0.29, 0.717) is 6.54 Å². The highest BCUT2D eigenvalue weighted by atomic mass is 19.1. The van der Waals surface area contributed by atoms with E-state index in [1.54, 1.807) is 19.1 Å². The van der Waals surface area contributed by atoms with Crippen molar-refractivity contribution in [2.75, 3.05) is 6.54 Å². The lowest BCUT2D eigenvalue weighted by Gasteiger charge is -2.14. The molecule has 18 heavy (non-hydrogen) atoms. The van der Waals surface area contributed by atoms with Gasteiger partial charge < -0.3 is 10.4 Å². The van der Waals surface area contributed by atoms with Crippen molar-refractivity contribution in [1.82, 2.24) is 5.32 Å². The number of halogens is 1. The normalized spacial score (nSPS) is 13.4. The standard InChI is InChI=1S/C14H18FNO2/c1-10(7-14(17)18)9-16-11(2)8-12-3-5-13(15)6-4-12/h3-7,11,16H,8-9H2,1-2H3,(H,17,18)/b10-7+. The molecule has 2 N–H and O–H groups in total. The molecule has 1 atom stereocenters. The first-order chi connectivity index (χ1) is 8.47. The van der Waals surface area contributed by atoms with Crippen LogP contribution in [0.3, 0.4) is 0 Å². The predicted octanol–water partition coefficient (Wildman–Crippen LogP) is 2.38. The van der Waals surface area contributed by atoms with Crippen molar-refractivity contribution in [2.24, 2.45) is 0 Å². The van der Waals surface area contributed by atoms with E-state index in [0.717, 1.165) is 17.6 Å². The molecule has 0 fully saturated rings. The van der Waals surface area contributed by atoms with E-state index in [1.165, 1.54) is 18.2 Å². The summed E-state index contributed by atoms with van der Waals surface area (Å²) in [7, 11) is 0. The number of carboxylic acids is 1. The van der Waals surface area contributed by atoms with Gasteiger partial charge in [-0.3, -0.25) is 0 Å². The number of carboxylic acid groups (broad SMARTS) is 1. The van der Waals surface area contributed by atoms with Gasteiger partial charge in [-0.2, -0.15) is 0 Å². The molecular weight excluding hydrogens is 233 g/mol. The van der Waals surface area contributed by atoms with E-state index in [-0.39, 0.29) is 11.9 Å². The molecule has 0 aliphatic rings. The van der Waals surface area contributed by atoms with Crippen molar-refractivity contribution in [2.45, 2.75) is 26.3 Å². The summed E-state index contributed by atoms with van der Waals surface area (Å²) in [6.07, 6.45) is 1.97. The largest absolute Gasteiger partial charge is 0.478 e. The van der Waals surface area contributed by atoms with Gasteiger partial charge in [-0.05, 0) is 38.0 Å². The van der Waals surface area contributed by atoms with Gasteiger partial charge >= 0.3 is 5.97 Å². The van der Waals surface area contributed by atoms with Gasteiger partial charge in [0.15, 0.2) is 0 Å². The lowest BCUT2D eigenvalue weighted by molar-refractivity contribution is -0.131. The number of hydrogen-bond donors (Lipinski definition) is 2. The summed E-state index contributed by atoms with van der Waals surface area (Å²) in [5.41, 5.74) is 1.82. The lowest BCUT2D eigenvalue weighted by Crippen LogP contribution is -2.29. The maximum atomic E-state index is 12.7. The van der Waals surface area contributed by atoms with Crippen LogP contribution in [0.15, 0.2) is 35.9 Å². The number of rotatable bonds is 6.